The van der Waals surface area contributed by atoms with Crippen LogP contribution in [0.2, 0.25) is 0 Å². The number of aryl methyl sites for hydroxylation is 2. The predicted molar refractivity (Wildman–Crippen MR) is 89.4 cm³/mol. The summed E-state index contributed by atoms with van der Waals surface area (Å²) >= 11 is 0. The van der Waals surface area contributed by atoms with Crippen molar-refractivity contribution in [3.63, 3.8) is 0 Å². The monoisotopic (exact) mass is 316 g/mol. The van der Waals surface area contributed by atoms with Crippen LogP contribution in [0.25, 0.3) is 11.4 Å². The van der Waals surface area contributed by atoms with Gasteiger partial charge in [-0.25, -0.2) is 9.78 Å². The molecule has 0 fully saturated rings. The molecule has 23 heavy (non-hydrogen) atoms. The van der Waals surface area contributed by atoms with E-state index in [0.29, 0.717) is 24.6 Å². The lowest BCUT2D eigenvalue weighted by atomic mass is 10.1. The number of rotatable bonds is 6. The van der Waals surface area contributed by atoms with Crippen molar-refractivity contribution in [3.05, 3.63) is 41.2 Å². The Balaban J connectivity index is 2.65. The first-order chi connectivity index (χ1) is 11.0. The number of benzene rings is 1. The molecule has 1 atom stereocenters. The maximum atomic E-state index is 12.4. The third-order valence-corrected chi connectivity index (χ3v) is 3.71. The number of esters is 1. The summed E-state index contributed by atoms with van der Waals surface area (Å²) in [4.78, 5) is 17.0. The van der Waals surface area contributed by atoms with E-state index < -0.39 is 0 Å². The van der Waals surface area contributed by atoms with Crippen LogP contribution < -0.4 is 0 Å². The average molecular weight is 316 g/mol. The fourth-order valence-corrected chi connectivity index (χ4v) is 2.67. The minimum atomic E-state index is -0.371. The van der Waals surface area contributed by atoms with Crippen LogP contribution in [0.5, 0.6) is 0 Å². The maximum absolute atomic E-state index is 12.4. The fraction of sp³-hybridized carbons (Fsp3) is 0.444. The molecular formula is C18H24N2O3. The zero-order valence-corrected chi connectivity index (χ0v) is 14.4. The molecule has 2 aromatic rings. The zero-order chi connectivity index (χ0) is 17.0. The molecule has 0 aliphatic rings. The molecule has 0 aliphatic carbocycles. The van der Waals surface area contributed by atoms with Crippen LogP contribution in [0.15, 0.2) is 24.3 Å². The Hall–Kier alpha value is -2.14. The number of carbonyl (C=O) groups is 1. The maximum Gasteiger partial charge on any atom is 0.356 e. The van der Waals surface area contributed by atoms with E-state index in [2.05, 4.69) is 4.98 Å². The molecule has 0 bridgehead atoms. The van der Waals surface area contributed by atoms with Gasteiger partial charge in [0.1, 0.15) is 12.1 Å². The number of imidazole rings is 1. The Labute approximate surface area is 137 Å². The van der Waals surface area contributed by atoms with Crippen LogP contribution in [0.1, 0.15) is 48.7 Å². The molecule has 1 aromatic carbocycles. The number of hydrogen-bond donors (Lipinski definition) is 0. The van der Waals surface area contributed by atoms with Crippen LogP contribution in [0.4, 0.5) is 0 Å². The smallest absolute Gasteiger partial charge is 0.356 e. The topological polar surface area (TPSA) is 53.3 Å². The van der Waals surface area contributed by atoms with E-state index in [1.165, 1.54) is 0 Å². The van der Waals surface area contributed by atoms with E-state index in [0.717, 1.165) is 17.0 Å². The van der Waals surface area contributed by atoms with Gasteiger partial charge >= 0.3 is 5.97 Å². The van der Waals surface area contributed by atoms with E-state index in [4.69, 9.17) is 9.47 Å². The zero-order valence-electron chi connectivity index (χ0n) is 14.4. The second-order valence-corrected chi connectivity index (χ2v) is 5.33. The second-order valence-electron chi connectivity index (χ2n) is 5.33. The Morgan fingerprint density at radius 1 is 1.22 bits per heavy atom. The molecular weight excluding hydrogens is 292 g/mol. The van der Waals surface area contributed by atoms with Crippen LogP contribution in [-0.2, 0) is 9.47 Å². The molecule has 1 unspecified atom stereocenters. The summed E-state index contributed by atoms with van der Waals surface area (Å²) in [6, 6.07) is 7.98. The van der Waals surface area contributed by atoms with Crippen molar-refractivity contribution >= 4 is 5.97 Å². The number of carbonyl (C=O) groups excluding carboxylic acids is 1. The van der Waals surface area contributed by atoms with E-state index in [1.54, 1.807) is 6.92 Å². The van der Waals surface area contributed by atoms with E-state index in [9.17, 15) is 4.79 Å². The van der Waals surface area contributed by atoms with Crippen LogP contribution in [0.3, 0.4) is 0 Å². The number of hydrogen-bond acceptors (Lipinski definition) is 4. The molecule has 1 heterocycles. The van der Waals surface area contributed by atoms with Crippen molar-refractivity contribution < 1.29 is 14.3 Å². The highest BCUT2D eigenvalue weighted by Gasteiger charge is 2.26. The van der Waals surface area contributed by atoms with Gasteiger partial charge in [-0.2, -0.15) is 0 Å². The van der Waals surface area contributed by atoms with E-state index in [1.807, 2.05) is 56.5 Å². The number of nitrogens with zero attached hydrogens (tertiary/aromatic N) is 2. The van der Waals surface area contributed by atoms with Crippen LogP contribution in [0, 0.1) is 13.8 Å². The average Bonchev–Trinajstić information content (AvgIpc) is 2.85. The van der Waals surface area contributed by atoms with Crippen molar-refractivity contribution in [2.75, 3.05) is 13.2 Å². The third-order valence-electron chi connectivity index (χ3n) is 3.71. The van der Waals surface area contributed by atoms with Gasteiger partial charge in [0.05, 0.1) is 12.3 Å². The van der Waals surface area contributed by atoms with Gasteiger partial charge in [-0.05, 0) is 40.2 Å². The van der Waals surface area contributed by atoms with Gasteiger partial charge in [0.2, 0.25) is 0 Å². The summed E-state index contributed by atoms with van der Waals surface area (Å²) in [5, 5.41) is 0. The standard InChI is InChI=1S/C18H24N2O3/c1-6-22-14(5)20-16(18(21)23-7-2)13(4)19-17(20)15-11-9-8-10-12(15)3/h8-11,14H,6-7H2,1-5H3. The van der Waals surface area contributed by atoms with Gasteiger partial charge in [-0.3, -0.25) is 4.57 Å². The van der Waals surface area contributed by atoms with Crippen LogP contribution in [-0.4, -0.2) is 28.7 Å². The molecule has 0 saturated carbocycles. The third kappa shape index (κ3) is 3.45. The van der Waals surface area contributed by atoms with Gasteiger partial charge in [0.25, 0.3) is 0 Å². The summed E-state index contributed by atoms with van der Waals surface area (Å²) < 4.78 is 12.8. The normalized spacial score (nSPS) is 12.2. The van der Waals surface area contributed by atoms with Crippen molar-refractivity contribution in [2.45, 2.75) is 40.8 Å². The van der Waals surface area contributed by atoms with Crippen molar-refractivity contribution in [1.29, 1.82) is 0 Å². The number of aromatic nitrogens is 2. The lowest BCUT2D eigenvalue weighted by Gasteiger charge is -2.19. The molecule has 0 N–H and O–H groups in total. The fourth-order valence-electron chi connectivity index (χ4n) is 2.67. The van der Waals surface area contributed by atoms with Gasteiger partial charge < -0.3 is 9.47 Å². The van der Waals surface area contributed by atoms with Gasteiger partial charge in [-0.15, -0.1) is 0 Å². The van der Waals surface area contributed by atoms with Gasteiger partial charge in [-0.1, -0.05) is 24.3 Å². The molecule has 0 radical (unpaired) electrons. The summed E-state index contributed by atoms with van der Waals surface area (Å²) in [5.74, 6) is 0.355. The second kappa shape index (κ2) is 7.42. The first kappa shape index (κ1) is 17.2. The molecule has 0 spiro atoms. The first-order valence-electron chi connectivity index (χ1n) is 7.94. The Morgan fingerprint density at radius 2 is 1.91 bits per heavy atom. The highest BCUT2D eigenvalue weighted by Crippen LogP contribution is 2.29. The Bertz CT molecular complexity index is 692. The largest absolute Gasteiger partial charge is 0.461 e. The highest BCUT2D eigenvalue weighted by atomic mass is 16.5. The Kier molecular flexibility index (Phi) is 5.55. The van der Waals surface area contributed by atoms with E-state index >= 15 is 0 Å². The van der Waals surface area contributed by atoms with Crippen molar-refractivity contribution in [2.24, 2.45) is 0 Å². The lowest BCUT2D eigenvalue weighted by molar-refractivity contribution is 0.0195. The molecule has 0 amide bonds. The molecule has 1 aromatic heterocycles. The SMILES string of the molecule is CCOC(=O)c1c(C)nc(-c2ccccc2C)n1C(C)OCC. The summed E-state index contributed by atoms with van der Waals surface area (Å²) in [6.07, 6.45) is -0.310. The van der Waals surface area contributed by atoms with Gasteiger partial charge in [0, 0.05) is 12.2 Å². The molecule has 5 nitrogen and oxygen atoms in total. The van der Waals surface area contributed by atoms with Gasteiger partial charge in [0.15, 0.2) is 5.69 Å². The molecule has 0 saturated heterocycles. The van der Waals surface area contributed by atoms with Crippen LogP contribution >= 0.6 is 0 Å². The quantitative estimate of drug-likeness (QED) is 0.759. The summed E-state index contributed by atoms with van der Waals surface area (Å²) in [6.45, 7) is 10.4. The summed E-state index contributed by atoms with van der Waals surface area (Å²) in [5.41, 5.74) is 3.18. The first-order valence-corrected chi connectivity index (χ1v) is 7.94. The van der Waals surface area contributed by atoms with Crippen molar-refractivity contribution in [3.8, 4) is 11.4 Å². The Morgan fingerprint density at radius 3 is 2.52 bits per heavy atom. The molecule has 5 heteroatoms. The molecule has 2 rings (SSSR count). The lowest BCUT2D eigenvalue weighted by Crippen LogP contribution is -2.19. The van der Waals surface area contributed by atoms with Crippen molar-refractivity contribution in [1.82, 2.24) is 9.55 Å². The number of ether oxygens (including phenoxy) is 2. The van der Waals surface area contributed by atoms with E-state index in [-0.39, 0.29) is 12.2 Å². The molecule has 124 valence electrons. The minimum absolute atomic E-state index is 0.310. The molecule has 0 aliphatic heterocycles. The highest BCUT2D eigenvalue weighted by molar-refractivity contribution is 5.90. The predicted octanol–water partition coefficient (Wildman–Crippen LogP) is 3.90. The minimum Gasteiger partial charge on any atom is -0.461 e. The summed E-state index contributed by atoms with van der Waals surface area (Å²) in [7, 11) is 0.